The fraction of sp³-hybridized carbons (Fsp3) is 0.550. The molecule has 3 N–H and O–H groups in total. The van der Waals surface area contributed by atoms with Crippen molar-refractivity contribution in [1.82, 2.24) is 15.7 Å². The predicted molar refractivity (Wildman–Crippen MR) is 106 cm³/mol. The summed E-state index contributed by atoms with van der Waals surface area (Å²) < 4.78 is 16.3. The highest BCUT2D eigenvalue weighted by Gasteiger charge is 2.20. The van der Waals surface area contributed by atoms with Gasteiger partial charge in [0.1, 0.15) is 5.75 Å². The zero-order valence-electron chi connectivity index (χ0n) is 17.1. The summed E-state index contributed by atoms with van der Waals surface area (Å²) in [5.74, 6) is 0.427. The molecule has 0 aliphatic carbocycles. The molecule has 1 aromatic carbocycles. The number of ether oxygens (including phenoxy) is 3. The number of unbranched alkanes of at least 4 members (excludes halogenated alkanes) is 2. The number of benzene rings is 1. The van der Waals surface area contributed by atoms with E-state index in [1.165, 1.54) is 0 Å². The molecule has 1 aliphatic rings. The van der Waals surface area contributed by atoms with E-state index in [1.807, 2.05) is 6.92 Å². The number of hydrogen-bond acceptors (Lipinski definition) is 7. The monoisotopic (exact) mass is 423 g/mol. The predicted octanol–water partition coefficient (Wildman–Crippen LogP) is 2.05. The zero-order chi connectivity index (χ0) is 21.8. The molecule has 0 saturated carbocycles. The van der Waals surface area contributed by atoms with Crippen molar-refractivity contribution in [1.29, 1.82) is 0 Å². The van der Waals surface area contributed by atoms with Crippen molar-refractivity contribution < 1.29 is 33.8 Å². The molecule has 0 unspecified atom stereocenters. The number of hydroxylamine groups is 2. The van der Waals surface area contributed by atoms with E-state index in [-0.39, 0.29) is 31.3 Å². The molecule has 166 valence electrons. The first kappa shape index (κ1) is 23.3. The van der Waals surface area contributed by atoms with Crippen molar-refractivity contribution in [2.75, 3.05) is 26.4 Å². The van der Waals surface area contributed by atoms with E-state index in [4.69, 9.17) is 14.2 Å². The van der Waals surface area contributed by atoms with Gasteiger partial charge < -0.3 is 24.8 Å². The second-order valence-electron chi connectivity index (χ2n) is 6.86. The van der Waals surface area contributed by atoms with Crippen LogP contribution in [0, 0.1) is 5.92 Å². The molecular weight excluding hydrogens is 394 g/mol. The summed E-state index contributed by atoms with van der Waals surface area (Å²) in [7, 11) is 0. The van der Waals surface area contributed by atoms with Crippen molar-refractivity contribution in [2.24, 2.45) is 5.92 Å². The largest absolute Gasteiger partial charge is 0.490 e. The van der Waals surface area contributed by atoms with Crippen LogP contribution in [0.1, 0.15) is 39.0 Å². The average Bonchev–Trinajstić information content (AvgIpc) is 2.97. The maximum absolute atomic E-state index is 12.3. The first-order chi connectivity index (χ1) is 14.5. The molecule has 1 aliphatic heterocycles. The van der Waals surface area contributed by atoms with Gasteiger partial charge in [0.25, 0.3) is 0 Å². The van der Waals surface area contributed by atoms with E-state index >= 15 is 0 Å². The molecule has 2 rings (SSSR count). The number of rotatable bonds is 11. The summed E-state index contributed by atoms with van der Waals surface area (Å²) in [5.41, 5.74) is 0. The Bertz CT molecular complexity index is 714. The molecule has 1 heterocycles. The summed E-state index contributed by atoms with van der Waals surface area (Å²) in [5, 5.41) is 14.8. The minimum Gasteiger partial charge on any atom is -0.490 e. The summed E-state index contributed by atoms with van der Waals surface area (Å²) in [6, 6.07) is 4.82. The Kier molecular flexibility index (Phi) is 9.72. The van der Waals surface area contributed by atoms with Crippen LogP contribution < -0.4 is 24.8 Å². The minimum atomic E-state index is -0.746. The second-order valence-corrected chi connectivity index (χ2v) is 6.86. The first-order valence-corrected chi connectivity index (χ1v) is 10.1. The molecule has 10 heteroatoms. The molecule has 1 atom stereocenters. The molecule has 0 radical (unpaired) electrons. The maximum atomic E-state index is 12.3. The van der Waals surface area contributed by atoms with Crippen LogP contribution in [0.5, 0.6) is 17.2 Å². The van der Waals surface area contributed by atoms with E-state index in [0.717, 1.165) is 25.7 Å². The Hall–Kier alpha value is -3.01. The molecule has 0 aromatic heterocycles. The van der Waals surface area contributed by atoms with Crippen LogP contribution >= 0.6 is 0 Å². The van der Waals surface area contributed by atoms with Crippen LogP contribution in [0.4, 0.5) is 4.79 Å². The van der Waals surface area contributed by atoms with Gasteiger partial charge in [0.05, 0.1) is 32.3 Å². The van der Waals surface area contributed by atoms with Gasteiger partial charge in [-0.3, -0.25) is 14.8 Å². The van der Waals surface area contributed by atoms with Gasteiger partial charge in [0, 0.05) is 12.5 Å². The summed E-state index contributed by atoms with van der Waals surface area (Å²) in [4.78, 5) is 35.0. The maximum Gasteiger partial charge on any atom is 0.413 e. The summed E-state index contributed by atoms with van der Waals surface area (Å²) in [6.07, 6.45) is 3.52. The minimum absolute atomic E-state index is 0.110. The highest BCUT2D eigenvalue weighted by Crippen LogP contribution is 2.33. The second kappa shape index (κ2) is 12.5. The van der Waals surface area contributed by atoms with Gasteiger partial charge in [0.2, 0.25) is 12.3 Å². The van der Waals surface area contributed by atoms with Crippen molar-refractivity contribution >= 4 is 18.4 Å². The van der Waals surface area contributed by atoms with Crippen molar-refractivity contribution in [3.05, 3.63) is 18.2 Å². The number of carbonyl (C=O) groups is 3. The van der Waals surface area contributed by atoms with E-state index < -0.39 is 12.0 Å². The van der Waals surface area contributed by atoms with E-state index in [1.54, 1.807) is 18.2 Å². The number of hydrogen-bond donors (Lipinski definition) is 3. The van der Waals surface area contributed by atoms with Crippen LogP contribution in [0.15, 0.2) is 18.2 Å². The molecule has 1 aromatic rings. The van der Waals surface area contributed by atoms with Gasteiger partial charge in [-0.1, -0.05) is 26.2 Å². The molecule has 0 spiro atoms. The molecule has 0 bridgehead atoms. The number of nitrogens with zero attached hydrogens (tertiary/aromatic N) is 1. The molecule has 0 saturated heterocycles. The lowest BCUT2D eigenvalue weighted by molar-refractivity contribution is -0.154. The number of amides is 3. The lowest BCUT2D eigenvalue weighted by Gasteiger charge is -2.19. The third-order valence-electron chi connectivity index (χ3n) is 4.48. The van der Waals surface area contributed by atoms with Gasteiger partial charge in [-0.25, -0.2) is 9.86 Å². The normalized spacial score (nSPS) is 13.5. The Morgan fingerprint density at radius 2 is 2.00 bits per heavy atom. The fourth-order valence-corrected chi connectivity index (χ4v) is 2.91. The summed E-state index contributed by atoms with van der Waals surface area (Å²) in [6.45, 7) is 2.86. The van der Waals surface area contributed by atoms with Gasteiger partial charge in [-0.2, -0.15) is 0 Å². The van der Waals surface area contributed by atoms with Crippen LogP contribution in [-0.2, 0) is 9.59 Å². The summed E-state index contributed by atoms with van der Waals surface area (Å²) >= 11 is 0. The lowest BCUT2D eigenvalue weighted by Crippen LogP contribution is -2.43. The lowest BCUT2D eigenvalue weighted by atomic mass is 10.0. The highest BCUT2D eigenvalue weighted by molar-refractivity contribution is 5.79. The SMILES string of the molecule is CCCCC[C@H](CN(O)C=O)C(=O)NCNC(=O)Oc1ccc2c(c1)OCCCO2. The third kappa shape index (κ3) is 7.78. The quantitative estimate of drug-likeness (QED) is 0.163. The molecule has 30 heavy (non-hydrogen) atoms. The third-order valence-corrected chi connectivity index (χ3v) is 4.48. The highest BCUT2D eigenvalue weighted by atomic mass is 16.6. The van der Waals surface area contributed by atoms with Gasteiger partial charge in [0.15, 0.2) is 11.5 Å². The molecule has 10 nitrogen and oxygen atoms in total. The van der Waals surface area contributed by atoms with E-state index in [9.17, 15) is 19.6 Å². The standard InChI is InChI=1S/C20H29N3O7/c1-2-3-4-6-15(12-23(27)14-24)19(25)21-13-22-20(26)30-16-7-8-17-18(11-16)29-10-5-9-28-17/h7-8,11,14-15,27H,2-6,9-10,12-13H2,1H3,(H,21,25)(H,22,26)/t15-/m1/s1. The molecule has 3 amide bonds. The first-order valence-electron chi connectivity index (χ1n) is 10.1. The Labute approximate surface area is 175 Å². The van der Waals surface area contributed by atoms with Crippen LogP contribution in [0.2, 0.25) is 0 Å². The average molecular weight is 423 g/mol. The van der Waals surface area contributed by atoms with Crippen LogP contribution in [-0.4, -0.2) is 55.1 Å². The number of carbonyl (C=O) groups excluding carboxylic acids is 3. The van der Waals surface area contributed by atoms with Crippen LogP contribution in [0.25, 0.3) is 0 Å². The number of nitrogens with one attached hydrogen (secondary N) is 2. The van der Waals surface area contributed by atoms with Gasteiger partial charge in [-0.05, 0) is 18.6 Å². The van der Waals surface area contributed by atoms with E-state index in [2.05, 4.69) is 10.6 Å². The van der Waals surface area contributed by atoms with Crippen LogP contribution in [0.3, 0.4) is 0 Å². The van der Waals surface area contributed by atoms with E-state index in [0.29, 0.717) is 36.2 Å². The zero-order valence-corrected chi connectivity index (χ0v) is 17.1. The van der Waals surface area contributed by atoms with Crippen molar-refractivity contribution in [3.8, 4) is 17.2 Å². The Morgan fingerprint density at radius 1 is 1.23 bits per heavy atom. The number of fused-ring (bicyclic) bond motifs is 1. The molecular formula is C20H29N3O7. The fourth-order valence-electron chi connectivity index (χ4n) is 2.91. The van der Waals surface area contributed by atoms with Gasteiger partial charge in [-0.15, -0.1) is 0 Å². The van der Waals surface area contributed by atoms with Crippen molar-refractivity contribution in [3.63, 3.8) is 0 Å². The topological polar surface area (TPSA) is 126 Å². The Balaban J connectivity index is 1.79. The smallest absolute Gasteiger partial charge is 0.413 e. The Morgan fingerprint density at radius 3 is 2.73 bits per heavy atom. The van der Waals surface area contributed by atoms with Gasteiger partial charge >= 0.3 is 6.09 Å². The van der Waals surface area contributed by atoms with Crippen molar-refractivity contribution in [2.45, 2.75) is 39.0 Å². The molecule has 0 fully saturated rings.